The maximum Gasteiger partial charge on any atom is 0.259 e. The number of rotatable bonds is 5. The fourth-order valence-corrected chi connectivity index (χ4v) is 2.72. The van der Waals surface area contributed by atoms with Crippen molar-refractivity contribution < 1.29 is 19.1 Å². The van der Waals surface area contributed by atoms with Crippen molar-refractivity contribution >= 4 is 23.2 Å². The van der Waals surface area contributed by atoms with Crippen LogP contribution < -0.4 is 10.6 Å². The summed E-state index contributed by atoms with van der Waals surface area (Å²) in [5.41, 5.74) is 1.74. The number of aromatic hydroxyl groups is 1. The van der Waals surface area contributed by atoms with Gasteiger partial charge in [0.05, 0.1) is 17.7 Å². The largest absolute Gasteiger partial charge is 0.507 e. The Morgan fingerprint density at radius 3 is 2.46 bits per heavy atom. The topological polar surface area (TPSA) is 78.4 Å². The number of halogens is 1. The van der Waals surface area contributed by atoms with E-state index in [0.29, 0.717) is 11.3 Å². The van der Waals surface area contributed by atoms with Gasteiger partial charge in [0, 0.05) is 5.69 Å². The molecule has 0 heterocycles. The summed E-state index contributed by atoms with van der Waals surface area (Å²) in [6, 6.07) is 17.8. The second-order valence-electron chi connectivity index (χ2n) is 6.33. The van der Waals surface area contributed by atoms with Crippen LogP contribution in [0.3, 0.4) is 0 Å². The highest BCUT2D eigenvalue weighted by Crippen LogP contribution is 2.24. The number of nitrogens with one attached hydrogen (secondary N) is 2. The van der Waals surface area contributed by atoms with Crippen molar-refractivity contribution in [2.24, 2.45) is 0 Å². The monoisotopic (exact) mass is 378 g/mol. The first kappa shape index (κ1) is 19.1. The number of carbonyl (C=O) groups is 2. The van der Waals surface area contributed by atoms with Crippen LogP contribution in [0, 0.1) is 12.7 Å². The van der Waals surface area contributed by atoms with E-state index in [-0.39, 0.29) is 29.3 Å². The van der Waals surface area contributed by atoms with Crippen LogP contribution in [0.25, 0.3) is 0 Å². The summed E-state index contributed by atoms with van der Waals surface area (Å²) in [6.45, 7) is 1.68. The van der Waals surface area contributed by atoms with Crippen molar-refractivity contribution in [2.75, 3.05) is 10.6 Å². The Labute approximate surface area is 161 Å². The molecular weight excluding hydrogens is 359 g/mol. The molecule has 3 N–H and O–H groups in total. The number of amides is 2. The zero-order valence-electron chi connectivity index (χ0n) is 15.2. The number of benzene rings is 3. The molecule has 0 aromatic heterocycles. The van der Waals surface area contributed by atoms with Crippen LogP contribution in [0.15, 0.2) is 66.7 Å². The summed E-state index contributed by atoms with van der Waals surface area (Å²) >= 11 is 0. The fourth-order valence-electron chi connectivity index (χ4n) is 2.72. The molecule has 3 aromatic rings. The van der Waals surface area contributed by atoms with Crippen LogP contribution in [0.1, 0.15) is 21.5 Å². The third-order valence-corrected chi connectivity index (χ3v) is 4.19. The van der Waals surface area contributed by atoms with Gasteiger partial charge < -0.3 is 15.7 Å². The summed E-state index contributed by atoms with van der Waals surface area (Å²) in [6.07, 6.45) is 0.105. The number of phenols is 1. The number of phenolic OH excluding ortho intramolecular Hbond substituents is 1. The maximum atomic E-state index is 14.1. The third kappa shape index (κ3) is 4.54. The molecule has 0 fully saturated rings. The zero-order valence-corrected chi connectivity index (χ0v) is 15.2. The number of para-hydroxylation sites is 1. The molecule has 0 aliphatic carbocycles. The van der Waals surface area contributed by atoms with Crippen molar-refractivity contribution in [2.45, 2.75) is 13.3 Å². The third-order valence-electron chi connectivity index (χ3n) is 4.19. The number of aryl methyl sites for hydroxylation is 1. The lowest BCUT2D eigenvalue weighted by molar-refractivity contribution is -0.115. The van der Waals surface area contributed by atoms with Crippen LogP contribution in [0.5, 0.6) is 5.75 Å². The number of hydrogen-bond donors (Lipinski definition) is 3. The number of hydrogen-bond acceptors (Lipinski definition) is 3. The first-order valence-electron chi connectivity index (χ1n) is 8.67. The molecule has 0 aliphatic rings. The van der Waals surface area contributed by atoms with Crippen molar-refractivity contribution in [3.8, 4) is 5.75 Å². The van der Waals surface area contributed by atoms with Gasteiger partial charge in [-0.05, 0) is 42.3 Å². The lowest BCUT2D eigenvalue weighted by atomic mass is 10.1. The minimum absolute atomic E-state index is 0.0350. The second-order valence-corrected chi connectivity index (χ2v) is 6.33. The molecule has 0 spiro atoms. The van der Waals surface area contributed by atoms with Gasteiger partial charge in [-0.25, -0.2) is 4.39 Å². The minimum atomic E-state index is -0.613. The van der Waals surface area contributed by atoms with Crippen molar-refractivity contribution in [3.63, 3.8) is 0 Å². The van der Waals surface area contributed by atoms with Gasteiger partial charge in [0.15, 0.2) is 0 Å². The highest BCUT2D eigenvalue weighted by Gasteiger charge is 2.14. The van der Waals surface area contributed by atoms with Crippen LogP contribution in [0.4, 0.5) is 15.8 Å². The van der Waals surface area contributed by atoms with Crippen LogP contribution in [0.2, 0.25) is 0 Å². The van der Waals surface area contributed by atoms with E-state index >= 15 is 0 Å². The van der Waals surface area contributed by atoms with E-state index in [1.165, 1.54) is 18.2 Å². The van der Waals surface area contributed by atoms with E-state index in [0.717, 1.165) is 11.6 Å². The van der Waals surface area contributed by atoms with Crippen molar-refractivity contribution in [3.05, 3.63) is 89.2 Å². The summed E-state index contributed by atoms with van der Waals surface area (Å²) in [5.74, 6) is -1.63. The van der Waals surface area contributed by atoms with Gasteiger partial charge in [0.25, 0.3) is 5.91 Å². The van der Waals surface area contributed by atoms with E-state index in [1.54, 1.807) is 31.2 Å². The van der Waals surface area contributed by atoms with Gasteiger partial charge in [-0.15, -0.1) is 0 Å². The molecule has 0 aliphatic heterocycles. The first-order chi connectivity index (χ1) is 13.4. The van der Waals surface area contributed by atoms with Crippen LogP contribution >= 0.6 is 0 Å². The van der Waals surface area contributed by atoms with Crippen LogP contribution in [-0.4, -0.2) is 16.9 Å². The van der Waals surface area contributed by atoms with E-state index < -0.39 is 11.7 Å². The average molecular weight is 378 g/mol. The standard InChI is InChI=1S/C22H19FN2O3/c1-14-6-5-9-17(21(14)27)22(28)24-16-10-11-18(23)19(13-16)25-20(26)12-15-7-3-2-4-8-15/h2-11,13,27H,12H2,1H3,(H,24,28)(H,25,26). The summed E-state index contributed by atoms with van der Waals surface area (Å²) in [4.78, 5) is 24.6. The maximum absolute atomic E-state index is 14.1. The van der Waals surface area contributed by atoms with Gasteiger partial charge in [0.2, 0.25) is 5.91 Å². The zero-order chi connectivity index (χ0) is 20.1. The second kappa shape index (κ2) is 8.35. The predicted molar refractivity (Wildman–Crippen MR) is 106 cm³/mol. The van der Waals surface area contributed by atoms with Gasteiger partial charge in [-0.2, -0.15) is 0 Å². The van der Waals surface area contributed by atoms with Crippen LogP contribution in [-0.2, 0) is 11.2 Å². The number of carbonyl (C=O) groups excluding carboxylic acids is 2. The molecule has 3 rings (SSSR count). The first-order valence-corrected chi connectivity index (χ1v) is 8.67. The van der Waals surface area contributed by atoms with E-state index in [1.807, 2.05) is 18.2 Å². The SMILES string of the molecule is Cc1cccc(C(=O)Nc2ccc(F)c(NC(=O)Cc3ccccc3)c2)c1O. The quantitative estimate of drug-likeness (QED) is 0.620. The lowest BCUT2D eigenvalue weighted by Gasteiger charge is -2.11. The number of anilines is 2. The smallest absolute Gasteiger partial charge is 0.259 e. The molecule has 0 radical (unpaired) electrons. The molecule has 5 nitrogen and oxygen atoms in total. The molecule has 0 atom stereocenters. The Morgan fingerprint density at radius 1 is 0.964 bits per heavy atom. The van der Waals surface area contributed by atoms with Crippen molar-refractivity contribution in [1.82, 2.24) is 0 Å². The highest BCUT2D eigenvalue weighted by atomic mass is 19.1. The summed E-state index contributed by atoms with van der Waals surface area (Å²) in [7, 11) is 0. The molecule has 6 heteroatoms. The Balaban J connectivity index is 1.73. The Kier molecular flexibility index (Phi) is 5.69. The Hall–Kier alpha value is -3.67. The fraction of sp³-hybridized carbons (Fsp3) is 0.0909. The molecule has 0 saturated carbocycles. The van der Waals surface area contributed by atoms with Crippen molar-refractivity contribution in [1.29, 1.82) is 0 Å². The normalized spacial score (nSPS) is 10.4. The Morgan fingerprint density at radius 2 is 1.71 bits per heavy atom. The van der Waals surface area contributed by atoms with Gasteiger partial charge in [0.1, 0.15) is 11.6 Å². The lowest BCUT2D eigenvalue weighted by Crippen LogP contribution is -2.16. The molecule has 2 amide bonds. The molecule has 0 bridgehead atoms. The predicted octanol–water partition coefficient (Wildman–Crippen LogP) is 4.27. The molecular formula is C22H19FN2O3. The molecule has 0 unspecified atom stereocenters. The molecule has 142 valence electrons. The van der Waals surface area contributed by atoms with Gasteiger partial charge >= 0.3 is 0 Å². The molecule has 0 saturated heterocycles. The highest BCUT2D eigenvalue weighted by molar-refractivity contribution is 6.06. The van der Waals surface area contributed by atoms with Gasteiger partial charge in [-0.3, -0.25) is 9.59 Å². The van der Waals surface area contributed by atoms with Gasteiger partial charge in [-0.1, -0.05) is 42.5 Å². The minimum Gasteiger partial charge on any atom is -0.507 e. The molecule has 3 aromatic carbocycles. The Bertz CT molecular complexity index is 1020. The average Bonchev–Trinajstić information content (AvgIpc) is 2.67. The summed E-state index contributed by atoms with van der Waals surface area (Å²) in [5, 5.41) is 15.1. The van der Waals surface area contributed by atoms with E-state index in [2.05, 4.69) is 10.6 Å². The summed E-state index contributed by atoms with van der Waals surface area (Å²) < 4.78 is 14.1. The van der Waals surface area contributed by atoms with E-state index in [9.17, 15) is 19.1 Å². The molecule has 28 heavy (non-hydrogen) atoms. The van der Waals surface area contributed by atoms with E-state index in [4.69, 9.17) is 0 Å².